The summed E-state index contributed by atoms with van der Waals surface area (Å²) in [5.41, 5.74) is 2.67. The normalized spacial score (nSPS) is 23.8. The van der Waals surface area contributed by atoms with Gasteiger partial charge in [0.05, 0.1) is 16.6 Å². The van der Waals surface area contributed by atoms with Gasteiger partial charge in [-0.3, -0.25) is 0 Å². The molecule has 0 bridgehead atoms. The lowest BCUT2D eigenvalue weighted by atomic mass is 9.93. The Hall–Kier alpha value is -2.30. The SMILES string of the molecule is C[C@]1(c2ccc(Cl)cc2)Oc2ccccc2[C@H]2CC(c3cccs3)=NN21. The molecule has 0 unspecified atom stereocenters. The van der Waals surface area contributed by atoms with Gasteiger partial charge in [-0.25, -0.2) is 5.01 Å². The van der Waals surface area contributed by atoms with E-state index in [4.69, 9.17) is 21.4 Å². The van der Waals surface area contributed by atoms with Crippen molar-refractivity contribution >= 4 is 28.6 Å². The lowest BCUT2D eigenvalue weighted by Gasteiger charge is -2.46. The number of thiophene rings is 1. The zero-order chi connectivity index (χ0) is 17.7. The Bertz CT molecular complexity index is 984. The maximum atomic E-state index is 6.50. The molecule has 0 N–H and O–H groups in total. The zero-order valence-corrected chi connectivity index (χ0v) is 15.8. The van der Waals surface area contributed by atoms with Crippen LogP contribution in [0, 0.1) is 0 Å². The maximum absolute atomic E-state index is 6.50. The highest BCUT2D eigenvalue weighted by Gasteiger charge is 2.48. The van der Waals surface area contributed by atoms with Gasteiger partial charge in [0.15, 0.2) is 0 Å². The van der Waals surface area contributed by atoms with Crippen molar-refractivity contribution in [2.75, 3.05) is 0 Å². The molecule has 2 aliphatic heterocycles. The third kappa shape index (κ3) is 2.37. The minimum absolute atomic E-state index is 0.165. The number of para-hydroxylation sites is 1. The van der Waals surface area contributed by atoms with Crippen molar-refractivity contribution in [3.05, 3.63) is 87.1 Å². The first-order valence-corrected chi connectivity index (χ1v) is 9.85. The van der Waals surface area contributed by atoms with Gasteiger partial charge in [-0.2, -0.15) is 5.10 Å². The van der Waals surface area contributed by atoms with Gasteiger partial charge < -0.3 is 4.74 Å². The van der Waals surface area contributed by atoms with Crippen molar-refractivity contribution in [3.63, 3.8) is 0 Å². The molecule has 0 saturated carbocycles. The lowest BCUT2D eigenvalue weighted by molar-refractivity contribution is -0.112. The van der Waals surface area contributed by atoms with Crippen LogP contribution in [0.15, 0.2) is 71.1 Å². The Morgan fingerprint density at radius 3 is 2.69 bits per heavy atom. The molecule has 2 atom stereocenters. The van der Waals surface area contributed by atoms with Crippen molar-refractivity contribution in [3.8, 4) is 5.75 Å². The Labute approximate surface area is 161 Å². The van der Waals surface area contributed by atoms with E-state index in [-0.39, 0.29) is 6.04 Å². The lowest BCUT2D eigenvalue weighted by Crippen LogP contribution is -2.48. The summed E-state index contributed by atoms with van der Waals surface area (Å²) < 4.78 is 6.50. The van der Waals surface area contributed by atoms with Crippen LogP contribution in [0.25, 0.3) is 0 Å². The number of benzene rings is 2. The first-order chi connectivity index (χ1) is 12.6. The maximum Gasteiger partial charge on any atom is 0.221 e. The van der Waals surface area contributed by atoms with Crippen LogP contribution in [0.1, 0.15) is 35.4 Å². The molecule has 0 radical (unpaired) electrons. The quantitative estimate of drug-likeness (QED) is 0.559. The molecule has 0 amide bonds. The number of rotatable bonds is 2. The standard InChI is InChI=1S/C21H17ClN2OS/c1-21(14-8-10-15(22)11-9-14)24-18(16-5-2-3-6-19(16)25-21)13-17(23-24)20-7-4-12-26-20/h2-12,18H,13H2,1H3/t18-,21-/m1/s1. The second-order valence-corrected chi connectivity index (χ2v) is 8.10. The fourth-order valence-corrected chi connectivity index (χ4v) is 4.64. The molecule has 0 spiro atoms. The van der Waals surface area contributed by atoms with E-state index in [1.807, 2.05) is 36.4 Å². The van der Waals surface area contributed by atoms with E-state index in [0.29, 0.717) is 5.02 Å². The molecular weight excluding hydrogens is 364 g/mol. The molecule has 130 valence electrons. The second kappa shape index (κ2) is 5.86. The molecule has 0 fully saturated rings. The summed E-state index contributed by atoms with van der Waals surface area (Å²) in [7, 11) is 0. The van der Waals surface area contributed by atoms with Crippen molar-refractivity contribution in [1.29, 1.82) is 0 Å². The van der Waals surface area contributed by atoms with Crippen LogP contribution in [0.5, 0.6) is 5.75 Å². The molecule has 2 aliphatic rings. The Kier molecular flexibility index (Phi) is 3.59. The van der Waals surface area contributed by atoms with Gasteiger partial charge in [0.25, 0.3) is 0 Å². The highest BCUT2D eigenvalue weighted by Crippen LogP contribution is 2.50. The minimum atomic E-state index is -0.678. The summed E-state index contributed by atoms with van der Waals surface area (Å²) in [5, 5.41) is 9.94. The fraction of sp³-hybridized carbons (Fsp3) is 0.190. The summed E-state index contributed by atoms with van der Waals surface area (Å²) in [4.78, 5) is 1.22. The number of halogens is 1. The highest BCUT2D eigenvalue weighted by molar-refractivity contribution is 7.12. The molecule has 5 heteroatoms. The molecule has 3 heterocycles. The minimum Gasteiger partial charge on any atom is -0.462 e. The number of ether oxygens (including phenoxy) is 1. The fourth-order valence-electron chi connectivity index (χ4n) is 3.80. The Balaban J connectivity index is 1.66. The number of nitrogens with zero attached hydrogens (tertiary/aromatic N) is 2. The molecule has 1 aromatic heterocycles. The van der Waals surface area contributed by atoms with E-state index in [2.05, 4.69) is 41.6 Å². The van der Waals surface area contributed by atoms with E-state index in [1.165, 1.54) is 10.4 Å². The molecule has 0 aliphatic carbocycles. The molecule has 26 heavy (non-hydrogen) atoms. The number of fused-ring (bicyclic) bond motifs is 3. The van der Waals surface area contributed by atoms with Gasteiger partial charge in [0, 0.05) is 29.5 Å². The van der Waals surface area contributed by atoms with Crippen LogP contribution in [0.2, 0.25) is 5.02 Å². The van der Waals surface area contributed by atoms with Crippen LogP contribution in [-0.2, 0) is 5.72 Å². The number of hydrazone groups is 1. The average Bonchev–Trinajstić information content (AvgIpc) is 3.32. The van der Waals surface area contributed by atoms with Gasteiger partial charge in [0.2, 0.25) is 5.72 Å². The van der Waals surface area contributed by atoms with Gasteiger partial charge in [0.1, 0.15) is 5.75 Å². The summed E-state index contributed by atoms with van der Waals surface area (Å²) in [6.45, 7) is 2.08. The monoisotopic (exact) mass is 380 g/mol. The van der Waals surface area contributed by atoms with E-state index in [9.17, 15) is 0 Å². The van der Waals surface area contributed by atoms with Crippen LogP contribution in [-0.4, -0.2) is 10.7 Å². The van der Waals surface area contributed by atoms with Crippen molar-refractivity contribution < 1.29 is 4.74 Å². The zero-order valence-electron chi connectivity index (χ0n) is 14.2. The topological polar surface area (TPSA) is 24.8 Å². The van der Waals surface area contributed by atoms with E-state index in [0.717, 1.165) is 23.4 Å². The first-order valence-electron chi connectivity index (χ1n) is 8.60. The Morgan fingerprint density at radius 1 is 1.12 bits per heavy atom. The van der Waals surface area contributed by atoms with Crippen LogP contribution in [0.3, 0.4) is 0 Å². The van der Waals surface area contributed by atoms with Crippen molar-refractivity contribution in [1.82, 2.24) is 5.01 Å². The van der Waals surface area contributed by atoms with Crippen molar-refractivity contribution in [2.45, 2.75) is 25.1 Å². The molecule has 0 saturated heterocycles. The van der Waals surface area contributed by atoms with Crippen LogP contribution < -0.4 is 4.74 Å². The van der Waals surface area contributed by atoms with Gasteiger partial charge in [-0.15, -0.1) is 11.3 Å². The van der Waals surface area contributed by atoms with Gasteiger partial charge in [-0.05, 0) is 29.6 Å². The summed E-state index contributed by atoms with van der Waals surface area (Å²) >= 11 is 7.83. The number of hydrogen-bond acceptors (Lipinski definition) is 4. The predicted molar refractivity (Wildman–Crippen MR) is 106 cm³/mol. The van der Waals surface area contributed by atoms with Gasteiger partial charge in [-0.1, -0.05) is 48.0 Å². The molecule has 5 rings (SSSR count). The average molecular weight is 381 g/mol. The summed E-state index contributed by atoms with van der Waals surface area (Å²) in [5.74, 6) is 0.925. The van der Waals surface area contributed by atoms with E-state index < -0.39 is 5.72 Å². The third-order valence-electron chi connectivity index (χ3n) is 5.12. The van der Waals surface area contributed by atoms with Crippen LogP contribution >= 0.6 is 22.9 Å². The smallest absolute Gasteiger partial charge is 0.221 e. The molecule has 3 nitrogen and oxygen atoms in total. The summed E-state index contributed by atoms with van der Waals surface area (Å²) in [6.07, 6.45) is 0.879. The molecular formula is C21H17ClN2OS. The van der Waals surface area contributed by atoms with E-state index >= 15 is 0 Å². The highest BCUT2D eigenvalue weighted by atomic mass is 35.5. The molecule has 2 aromatic carbocycles. The van der Waals surface area contributed by atoms with Crippen molar-refractivity contribution in [2.24, 2.45) is 5.10 Å². The van der Waals surface area contributed by atoms with E-state index in [1.54, 1.807) is 11.3 Å². The first kappa shape index (κ1) is 15.9. The van der Waals surface area contributed by atoms with Gasteiger partial charge >= 0.3 is 0 Å². The molecule has 3 aromatic rings. The second-order valence-electron chi connectivity index (χ2n) is 6.72. The largest absolute Gasteiger partial charge is 0.462 e. The third-order valence-corrected chi connectivity index (χ3v) is 6.29. The number of hydrogen-bond donors (Lipinski definition) is 0. The Morgan fingerprint density at radius 2 is 1.92 bits per heavy atom. The summed E-state index contributed by atoms with van der Waals surface area (Å²) in [6, 6.07) is 20.5. The van der Waals surface area contributed by atoms with Crippen LogP contribution in [0.4, 0.5) is 0 Å². The predicted octanol–water partition coefficient (Wildman–Crippen LogP) is 5.82.